The summed E-state index contributed by atoms with van der Waals surface area (Å²) < 4.78 is 28.2. The number of aromatic nitrogens is 2. The fourth-order valence-electron chi connectivity index (χ4n) is 1.61. The molecule has 7 heteroatoms. The molecule has 0 aliphatic heterocycles. The molecule has 0 atom stereocenters. The van der Waals surface area contributed by atoms with E-state index in [1.165, 1.54) is 0 Å². The average molecular weight is 280 g/mol. The van der Waals surface area contributed by atoms with Gasteiger partial charge in [0.25, 0.3) is 0 Å². The second-order valence-corrected chi connectivity index (χ2v) is 5.71. The van der Waals surface area contributed by atoms with E-state index in [9.17, 15) is 8.42 Å². The minimum absolute atomic E-state index is 0.256. The standard InChI is InChI=1S/C12H16N4O2S/c1-13-11-3-5-12(6-4-11)19(17,18)15-8-10-16-9-2-7-14-16/h2-7,9,13,15H,8,10H2,1H3. The summed E-state index contributed by atoms with van der Waals surface area (Å²) in [5, 5.41) is 6.95. The van der Waals surface area contributed by atoms with E-state index in [1.54, 1.807) is 54.5 Å². The molecule has 0 unspecified atom stereocenters. The Labute approximate surface area is 112 Å². The molecule has 0 aliphatic carbocycles. The van der Waals surface area contributed by atoms with Crippen molar-refractivity contribution in [2.45, 2.75) is 11.4 Å². The molecule has 0 bridgehead atoms. The average Bonchev–Trinajstić information content (AvgIpc) is 2.92. The molecule has 1 aromatic carbocycles. The van der Waals surface area contributed by atoms with Crippen molar-refractivity contribution in [1.29, 1.82) is 0 Å². The Hall–Kier alpha value is -1.86. The van der Waals surface area contributed by atoms with Crippen molar-refractivity contribution >= 4 is 15.7 Å². The first-order valence-corrected chi connectivity index (χ1v) is 7.35. The van der Waals surface area contributed by atoms with E-state index in [4.69, 9.17) is 0 Å². The van der Waals surface area contributed by atoms with Gasteiger partial charge in [-0.3, -0.25) is 4.68 Å². The van der Waals surface area contributed by atoms with E-state index >= 15 is 0 Å². The van der Waals surface area contributed by atoms with Crippen LogP contribution in [0.1, 0.15) is 0 Å². The second kappa shape index (κ2) is 5.85. The summed E-state index contributed by atoms with van der Waals surface area (Å²) >= 11 is 0. The first-order chi connectivity index (χ1) is 9.12. The molecular weight excluding hydrogens is 264 g/mol. The third-order valence-electron chi connectivity index (χ3n) is 2.65. The zero-order valence-corrected chi connectivity index (χ0v) is 11.4. The molecule has 2 rings (SSSR count). The maximum absolute atomic E-state index is 12.0. The van der Waals surface area contributed by atoms with E-state index in [2.05, 4.69) is 15.1 Å². The van der Waals surface area contributed by atoms with Gasteiger partial charge in [0.1, 0.15) is 0 Å². The lowest BCUT2D eigenvalue weighted by Gasteiger charge is -2.07. The molecule has 1 heterocycles. The summed E-state index contributed by atoms with van der Waals surface area (Å²) in [4.78, 5) is 0.256. The summed E-state index contributed by atoms with van der Waals surface area (Å²) in [6.45, 7) is 0.804. The van der Waals surface area contributed by atoms with Crippen LogP contribution in [0.4, 0.5) is 5.69 Å². The van der Waals surface area contributed by atoms with Crippen LogP contribution in [0.2, 0.25) is 0 Å². The number of benzene rings is 1. The lowest BCUT2D eigenvalue weighted by molar-refractivity contribution is 0.561. The van der Waals surface area contributed by atoms with Crippen molar-refractivity contribution in [3.63, 3.8) is 0 Å². The van der Waals surface area contributed by atoms with Gasteiger partial charge in [-0.25, -0.2) is 13.1 Å². The Kier molecular flexibility index (Phi) is 4.18. The predicted molar refractivity (Wildman–Crippen MR) is 73.4 cm³/mol. The molecule has 0 fully saturated rings. The van der Waals surface area contributed by atoms with Crippen molar-refractivity contribution in [2.75, 3.05) is 18.9 Å². The molecule has 1 aromatic heterocycles. The molecule has 102 valence electrons. The number of nitrogens with zero attached hydrogens (tertiary/aromatic N) is 2. The van der Waals surface area contributed by atoms with Crippen LogP contribution in [0.25, 0.3) is 0 Å². The minimum Gasteiger partial charge on any atom is -0.388 e. The van der Waals surface area contributed by atoms with Crippen molar-refractivity contribution in [3.8, 4) is 0 Å². The van der Waals surface area contributed by atoms with Gasteiger partial charge in [0.05, 0.1) is 11.4 Å². The van der Waals surface area contributed by atoms with Crippen LogP contribution >= 0.6 is 0 Å². The summed E-state index contributed by atoms with van der Waals surface area (Å²) in [5.41, 5.74) is 0.871. The third-order valence-corrected chi connectivity index (χ3v) is 4.12. The number of hydrogen-bond donors (Lipinski definition) is 2. The molecule has 2 N–H and O–H groups in total. The van der Waals surface area contributed by atoms with Crippen LogP contribution in [0, 0.1) is 0 Å². The number of nitrogens with one attached hydrogen (secondary N) is 2. The molecule has 0 spiro atoms. The van der Waals surface area contributed by atoms with Gasteiger partial charge in [0.15, 0.2) is 0 Å². The van der Waals surface area contributed by atoms with Gasteiger partial charge in [0, 0.05) is 31.7 Å². The molecule has 0 aliphatic rings. The number of anilines is 1. The van der Waals surface area contributed by atoms with Gasteiger partial charge in [-0.05, 0) is 30.3 Å². The second-order valence-electron chi connectivity index (χ2n) is 3.94. The van der Waals surface area contributed by atoms with Gasteiger partial charge >= 0.3 is 0 Å². The van der Waals surface area contributed by atoms with E-state index in [0.717, 1.165) is 5.69 Å². The SMILES string of the molecule is CNc1ccc(S(=O)(=O)NCCn2cccn2)cc1. The Balaban J connectivity index is 1.97. The van der Waals surface area contributed by atoms with Crippen LogP contribution in [0.3, 0.4) is 0 Å². The lowest BCUT2D eigenvalue weighted by atomic mass is 10.3. The predicted octanol–water partition coefficient (Wildman–Crippen LogP) is 0.903. The third kappa shape index (κ3) is 3.55. The zero-order chi connectivity index (χ0) is 13.7. The Morgan fingerprint density at radius 2 is 2.00 bits per heavy atom. The van der Waals surface area contributed by atoms with Crippen molar-refractivity contribution in [2.24, 2.45) is 0 Å². The van der Waals surface area contributed by atoms with Crippen molar-refractivity contribution in [1.82, 2.24) is 14.5 Å². The highest BCUT2D eigenvalue weighted by atomic mass is 32.2. The van der Waals surface area contributed by atoms with E-state index in [-0.39, 0.29) is 4.90 Å². The van der Waals surface area contributed by atoms with Crippen molar-refractivity contribution < 1.29 is 8.42 Å². The molecule has 6 nitrogen and oxygen atoms in total. The van der Waals surface area contributed by atoms with Crippen LogP contribution in [0.15, 0.2) is 47.6 Å². The maximum atomic E-state index is 12.0. The molecule has 0 amide bonds. The quantitative estimate of drug-likeness (QED) is 0.824. The first kappa shape index (κ1) is 13.6. The summed E-state index contributed by atoms with van der Waals surface area (Å²) in [6, 6.07) is 8.39. The molecule has 0 saturated heterocycles. The highest BCUT2D eigenvalue weighted by Crippen LogP contribution is 2.13. The van der Waals surface area contributed by atoms with Crippen LogP contribution < -0.4 is 10.0 Å². The minimum atomic E-state index is -3.46. The number of hydrogen-bond acceptors (Lipinski definition) is 4. The summed E-state index contributed by atoms with van der Waals surface area (Å²) in [6.07, 6.45) is 3.45. The largest absolute Gasteiger partial charge is 0.388 e. The van der Waals surface area contributed by atoms with Gasteiger partial charge in [-0.15, -0.1) is 0 Å². The molecule has 0 saturated carbocycles. The Morgan fingerprint density at radius 1 is 1.26 bits per heavy atom. The molecular formula is C12H16N4O2S. The molecule has 19 heavy (non-hydrogen) atoms. The van der Waals surface area contributed by atoms with Gasteiger partial charge < -0.3 is 5.32 Å². The van der Waals surface area contributed by atoms with Crippen LogP contribution in [-0.2, 0) is 16.6 Å². The first-order valence-electron chi connectivity index (χ1n) is 5.87. The smallest absolute Gasteiger partial charge is 0.240 e. The molecule has 2 aromatic rings. The fraction of sp³-hybridized carbons (Fsp3) is 0.250. The van der Waals surface area contributed by atoms with Crippen molar-refractivity contribution in [3.05, 3.63) is 42.7 Å². The summed E-state index contributed by atoms with van der Waals surface area (Å²) in [5.74, 6) is 0. The highest BCUT2D eigenvalue weighted by Gasteiger charge is 2.12. The monoisotopic (exact) mass is 280 g/mol. The van der Waals surface area contributed by atoms with Gasteiger partial charge in [0.2, 0.25) is 10.0 Å². The normalized spacial score (nSPS) is 11.4. The number of rotatable bonds is 6. The van der Waals surface area contributed by atoms with E-state index < -0.39 is 10.0 Å². The van der Waals surface area contributed by atoms with Gasteiger partial charge in [-0.1, -0.05) is 0 Å². The Morgan fingerprint density at radius 3 is 2.58 bits per heavy atom. The number of sulfonamides is 1. The summed E-state index contributed by atoms with van der Waals surface area (Å²) in [7, 11) is -1.67. The molecule has 0 radical (unpaired) electrons. The lowest BCUT2D eigenvalue weighted by Crippen LogP contribution is -2.27. The highest BCUT2D eigenvalue weighted by molar-refractivity contribution is 7.89. The van der Waals surface area contributed by atoms with Crippen LogP contribution in [0.5, 0.6) is 0 Å². The topological polar surface area (TPSA) is 76.0 Å². The zero-order valence-electron chi connectivity index (χ0n) is 10.6. The fourth-order valence-corrected chi connectivity index (χ4v) is 2.63. The van der Waals surface area contributed by atoms with E-state index in [0.29, 0.717) is 13.1 Å². The van der Waals surface area contributed by atoms with E-state index in [1.807, 2.05) is 0 Å². The Bertz CT molecular complexity index is 606. The van der Waals surface area contributed by atoms with Gasteiger partial charge in [-0.2, -0.15) is 5.10 Å². The maximum Gasteiger partial charge on any atom is 0.240 e. The van der Waals surface area contributed by atoms with Crippen LogP contribution in [-0.4, -0.2) is 31.8 Å².